The monoisotopic (exact) mass is 368 g/mol. The molecule has 0 radical (unpaired) electrons. The topological polar surface area (TPSA) is 36.9 Å². The van der Waals surface area contributed by atoms with E-state index in [0.29, 0.717) is 11.8 Å². The van der Waals surface area contributed by atoms with E-state index >= 15 is 0 Å². The third kappa shape index (κ3) is 2.61. The van der Waals surface area contributed by atoms with Gasteiger partial charge in [0.2, 0.25) is 12.1 Å². The molecule has 1 aliphatic carbocycles. The Hall–Kier alpha value is -1.62. The largest absolute Gasteiger partial charge is 0.462 e. The maximum Gasteiger partial charge on any atom is 0.235 e. The van der Waals surface area contributed by atoms with E-state index < -0.39 is 17.7 Å². The van der Waals surface area contributed by atoms with Crippen molar-refractivity contribution in [3.63, 3.8) is 0 Å². The molecule has 5 aliphatic rings. The number of allylic oxidation sites excluding steroid dienone is 1. The molecule has 4 aliphatic heterocycles. The summed E-state index contributed by atoms with van der Waals surface area (Å²) in [5.74, 6) is 1.41. The van der Waals surface area contributed by atoms with Crippen molar-refractivity contribution in [2.45, 2.75) is 64.1 Å². The molecule has 1 spiro atoms. The molecule has 1 aromatic rings. The highest BCUT2D eigenvalue weighted by Crippen LogP contribution is 2.60. The van der Waals surface area contributed by atoms with Crippen molar-refractivity contribution in [3.05, 3.63) is 53.3 Å². The van der Waals surface area contributed by atoms with Crippen molar-refractivity contribution in [1.82, 2.24) is 0 Å². The zero-order chi connectivity index (χ0) is 18.6. The van der Waals surface area contributed by atoms with Gasteiger partial charge in [0.15, 0.2) is 5.60 Å². The van der Waals surface area contributed by atoms with Crippen LogP contribution in [0.15, 0.2) is 47.7 Å². The van der Waals surface area contributed by atoms with Gasteiger partial charge in [0.05, 0.1) is 0 Å². The Morgan fingerprint density at radius 1 is 1.04 bits per heavy atom. The van der Waals surface area contributed by atoms with Gasteiger partial charge in [-0.05, 0) is 56.2 Å². The quantitative estimate of drug-likeness (QED) is 0.671. The predicted molar refractivity (Wildman–Crippen MR) is 102 cm³/mol. The van der Waals surface area contributed by atoms with Crippen LogP contribution in [0.4, 0.5) is 0 Å². The molecule has 4 fully saturated rings. The number of hydrogen-bond acceptors (Lipinski definition) is 4. The van der Waals surface area contributed by atoms with Crippen molar-refractivity contribution in [3.8, 4) is 0 Å². The molecule has 3 saturated heterocycles. The van der Waals surface area contributed by atoms with Crippen LogP contribution < -0.4 is 0 Å². The lowest BCUT2D eigenvalue weighted by Crippen LogP contribution is -2.66. The van der Waals surface area contributed by atoms with Crippen molar-refractivity contribution in [2.75, 3.05) is 0 Å². The average molecular weight is 368 g/mol. The standard InChI is InChI=1S/C23H28O4/c1-15-9-11-19-16(2)20(12-10-17-7-5-4-6-8-17)24-21-23(19)18(15)13-14-22(3,25-21)26-27-23/h4-8,10,12,15,18-19,21H,9,11,13-14H2,1-3H3/b12-10+/t15-,18+,19+,21-,22+,23-/m1/s1. The molecule has 1 saturated carbocycles. The molecule has 0 unspecified atom stereocenters. The van der Waals surface area contributed by atoms with Crippen molar-refractivity contribution < 1.29 is 19.2 Å². The van der Waals surface area contributed by atoms with E-state index in [9.17, 15) is 0 Å². The zero-order valence-corrected chi connectivity index (χ0v) is 16.3. The van der Waals surface area contributed by atoms with Gasteiger partial charge >= 0.3 is 0 Å². The summed E-state index contributed by atoms with van der Waals surface area (Å²) in [6.07, 6.45) is 7.94. The molecule has 4 heterocycles. The summed E-state index contributed by atoms with van der Waals surface area (Å²) < 4.78 is 12.8. The summed E-state index contributed by atoms with van der Waals surface area (Å²) in [5.41, 5.74) is 1.88. The minimum absolute atomic E-state index is 0.260. The Bertz CT molecular complexity index is 785. The van der Waals surface area contributed by atoms with Crippen LogP contribution in [0.2, 0.25) is 0 Å². The fourth-order valence-corrected chi connectivity index (χ4v) is 5.54. The van der Waals surface area contributed by atoms with Crippen LogP contribution in [0.3, 0.4) is 0 Å². The first-order valence-electron chi connectivity index (χ1n) is 10.2. The SMILES string of the molecule is CC1=C(/C=C/c2ccccc2)O[C@@H]2O[C@]3(C)CC[C@H]4[C@H](C)CC[C@@H]1[C@@]24OO3. The molecule has 27 heavy (non-hydrogen) atoms. The van der Waals surface area contributed by atoms with Crippen LogP contribution in [0.25, 0.3) is 6.08 Å². The van der Waals surface area contributed by atoms with E-state index in [4.69, 9.17) is 19.2 Å². The summed E-state index contributed by atoms with van der Waals surface area (Å²) in [6, 6.07) is 10.3. The van der Waals surface area contributed by atoms with Gasteiger partial charge in [-0.1, -0.05) is 43.3 Å². The molecular weight excluding hydrogens is 340 g/mol. The normalized spacial score (nSPS) is 43.4. The molecule has 144 valence electrons. The number of ether oxygens (including phenoxy) is 2. The first kappa shape index (κ1) is 17.5. The Morgan fingerprint density at radius 2 is 1.85 bits per heavy atom. The zero-order valence-electron chi connectivity index (χ0n) is 16.3. The number of rotatable bonds is 2. The average Bonchev–Trinajstić information content (AvgIpc) is 2.90. The molecule has 0 amide bonds. The minimum atomic E-state index is -0.725. The van der Waals surface area contributed by atoms with Gasteiger partial charge in [0, 0.05) is 18.3 Å². The molecule has 4 nitrogen and oxygen atoms in total. The Balaban J connectivity index is 1.55. The summed E-state index contributed by atoms with van der Waals surface area (Å²) in [6.45, 7) is 6.47. The van der Waals surface area contributed by atoms with E-state index in [0.717, 1.165) is 30.6 Å². The summed E-state index contributed by atoms with van der Waals surface area (Å²) in [7, 11) is 0. The summed E-state index contributed by atoms with van der Waals surface area (Å²) >= 11 is 0. The molecule has 2 bridgehead atoms. The third-order valence-corrected chi connectivity index (χ3v) is 7.09. The second-order valence-corrected chi connectivity index (χ2v) is 8.77. The molecule has 6 rings (SSSR count). The van der Waals surface area contributed by atoms with Crippen LogP contribution in [-0.4, -0.2) is 17.7 Å². The Labute approximate surface area is 161 Å². The second kappa shape index (κ2) is 6.20. The lowest BCUT2D eigenvalue weighted by molar-refractivity contribution is -0.555. The highest BCUT2D eigenvalue weighted by atomic mass is 17.3. The first-order chi connectivity index (χ1) is 13.0. The van der Waals surface area contributed by atoms with Crippen molar-refractivity contribution >= 4 is 6.08 Å². The predicted octanol–water partition coefficient (Wildman–Crippen LogP) is 5.22. The summed E-state index contributed by atoms with van der Waals surface area (Å²) in [4.78, 5) is 12.0. The minimum Gasteiger partial charge on any atom is -0.462 e. The van der Waals surface area contributed by atoms with E-state index in [1.54, 1.807) is 0 Å². The Morgan fingerprint density at radius 3 is 2.67 bits per heavy atom. The van der Waals surface area contributed by atoms with Crippen molar-refractivity contribution in [2.24, 2.45) is 17.8 Å². The van der Waals surface area contributed by atoms with Gasteiger partial charge < -0.3 is 9.47 Å². The third-order valence-electron chi connectivity index (χ3n) is 7.09. The molecule has 0 aromatic heterocycles. The number of hydrogen-bond donors (Lipinski definition) is 0. The van der Waals surface area contributed by atoms with Crippen LogP contribution >= 0.6 is 0 Å². The van der Waals surface area contributed by atoms with Crippen LogP contribution in [-0.2, 0) is 19.2 Å². The molecule has 4 heteroatoms. The van der Waals surface area contributed by atoms with Crippen LogP contribution in [0.5, 0.6) is 0 Å². The van der Waals surface area contributed by atoms with Gasteiger partial charge in [-0.25, -0.2) is 9.78 Å². The van der Waals surface area contributed by atoms with E-state index in [1.165, 1.54) is 12.0 Å². The molecule has 0 N–H and O–H groups in total. The van der Waals surface area contributed by atoms with Crippen LogP contribution in [0.1, 0.15) is 52.0 Å². The fraction of sp³-hybridized carbons (Fsp3) is 0.565. The number of fused-ring (bicyclic) bond motifs is 2. The van der Waals surface area contributed by atoms with Gasteiger partial charge in [-0.2, -0.15) is 0 Å². The first-order valence-corrected chi connectivity index (χ1v) is 10.2. The van der Waals surface area contributed by atoms with E-state index in [-0.39, 0.29) is 5.92 Å². The van der Waals surface area contributed by atoms with E-state index in [2.05, 4.69) is 38.1 Å². The van der Waals surface area contributed by atoms with Gasteiger partial charge in [0.25, 0.3) is 0 Å². The maximum atomic E-state index is 6.44. The molecule has 6 atom stereocenters. The molecule has 1 aromatic carbocycles. The highest BCUT2D eigenvalue weighted by Gasteiger charge is 2.68. The number of benzene rings is 1. The lowest BCUT2D eigenvalue weighted by atomic mass is 9.59. The Kier molecular flexibility index (Phi) is 4.01. The van der Waals surface area contributed by atoms with Gasteiger partial charge in [-0.3, -0.25) is 0 Å². The van der Waals surface area contributed by atoms with Gasteiger partial charge in [0.1, 0.15) is 5.76 Å². The summed E-state index contributed by atoms with van der Waals surface area (Å²) in [5, 5.41) is 0. The van der Waals surface area contributed by atoms with Crippen LogP contribution in [0, 0.1) is 17.8 Å². The molecular formula is C23H28O4. The maximum absolute atomic E-state index is 6.44. The smallest absolute Gasteiger partial charge is 0.235 e. The van der Waals surface area contributed by atoms with Gasteiger partial charge in [-0.15, -0.1) is 0 Å². The van der Waals surface area contributed by atoms with Crippen molar-refractivity contribution in [1.29, 1.82) is 0 Å². The fourth-order valence-electron chi connectivity index (χ4n) is 5.54. The second-order valence-electron chi connectivity index (χ2n) is 8.77. The van der Waals surface area contributed by atoms with E-state index in [1.807, 2.05) is 25.1 Å². The highest BCUT2D eigenvalue weighted by molar-refractivity contribution is 5.52. The lowest BCUT2D eigenvalue weighted by Gasteiger charge is -2.57.